The molecule has 2 aromatic carbocycles. The summed E-state index contributed by atoms with van der Waals surface area (Å²) in [6, 6.07) is 16.4. The number of amides is 1. The fourth-order valence-corrected chi connectivity index (χ4v) is 4.41. The minimum Gasteiger partial charge on any atom is -0.456 e. The molecule has 8 nitrogen and oxygen atoms in total. The number of para-hydroxylation sites is 1. The highest BCUT2D eigenvalue weighted by Gasteiger charge is 2.18. The number of hydrogen-bond donors (Lipinski definition) is 1. The number of hydrogen-bond acceptors (Lipinski definition) is 7. The van der Waals surface area contributed by atoms with Crippen LogP contribution in [0.5, 0.6) is 0 Å². The van der Waals surface area contributed by atoms with Gasteiger partial charge in [-0.05, 0) is 29.8 Å². The van der Waals surface area contributed by atoms with Gasteiger partial charge in [0.2, 0.25) is 0 Å². The quantitative estimate of drug-likeness (QED) is 0.123. The smallest absolute Gasteiger partial charge is 0.280 e. The van der Waals surface area contributed by atoms with Crippen molar-refractivity contribution in [3.63, 3.8) is 0 Å². The Balaban J connectivity index is 1.49. The first-order valence-corrected chi connectivity index (χ1v) is 11.6. The van der Waals surface area contributed by atoms with Gasteiger partial charge in [-0.1, -0.05) is 47.5 Å². The number of nitro benzene ring substituents is 1. The Hall–Kier alpha value is -3.97. The number of nitrogens with one attached hydrogen (secondary N) is 1. The van der Waals surface area contributed by atoms with E-state index >= 15 is 0 Å². The van der Waals surface area contributed by atoms with Crippen molar-refractivity contribution in [3.05, 3.63) is 103 Å². The molecule has 2 aromatic heterocycles. The third kappa shape index (κ3) is 5.58. The summed E-state index contributed by atoms with van der Waals surface area (Å²) >= 11 is 13.5. The Morgan fingerprint density at radius 2 is 2.00 bits per heavy atom. The summed E-state index contributed by atoms with van der Waals surface area (Å²) in [6.07, 6.45) is 3.35. The van der Waals surface area contributed by atoms with Crippen molar-refractivity contribution in [1.82, 2.24) is 4.98 Å². The highest BCUT2D eigenvalue weighted by atomic mass is 35.5. The molecule has 4 rings (SSSR count). The molecule has 0 aliphatic rings. The van der Waals surface area contributed by atoms with Gasteiger partial charge in [0.05, 0.1) is 20.5 Å². The van der Waals surface area contributed by atoms with Gasteiger partial charge in [-0.25, -0.2) is 4.98 Å². The monoisotopic (exact) mass is 524 g/mol. The van der Waals surface area contributed by atoms with E-state index in [1.807, 2.05) is 12.1 Å². The number of rotatable bonds is 7. The van der Waals surface area contributed by atoms with Gasteiger partial charge in [0.15, 0.2) is 5.13 Å². The lowest BCUT2D eigenvalue weighted by Gasteiger charge is -2.03. The maximum Gasteiger partial charge on any atom is 0.280 e. The molecule has 0 aliphatic heterocycles. The lowest BCUT2D eigenvalue weighted by Crippen LogP contribution is -2.13. The fraction of sp³-hybridized carbons (Fsp3) is 0.0417. The second kappa shape index (κ2) is 10.5. The molecular weight excluding hydrogens is 511 g/mol. The van der Waals surface area contributed by atoms with Crippen molar-refractivity contribution in [1.29, 1.82) is 5.26 Å². The number of nitrogens with zero attached hydrogens (tertiary/aromatic N) is 3. The maximum absolute atomic E-state index is 12.6. The SMILES string of the molecule is N#C/C(=C\c1ccc(-c2ccccc2[N+](=O)[O-])o1)C(=O)Nc1ncc(Cc2cccc(Cl)c2Cl)s1. The summed E-state index contributed by atoms with van der Waals surface area (Å²) in [5.74, 6) is -0.233. The summed E-state index contributed by atoms with van der Waals surface area (Å²) in [7, 11) is 0. The summed E-state index contributed by atoms with van der Waals surface area (Å²) in [4.78, 5) is 28.4. The molecule has 0 aliphatic carbocycles. The van der Waals surface area contributed by atoms with Crippen molar-refractivity contribution in [3.8, 4) is 17.4 Å². The highest BCUT2D eigenvalue weighted by molar-refractivity contribution is 7.15. The zero-order valence-electron chi connectivity index (χ0n) is 17.7. The van der Waals surface area contributed by atoms with Crippen molar-refractivity contribution >= 4 is 57.3 Å². The van der Waals surface area contributed by atoms with E-state index in [0.29, 0.717) is 21.6 Å². The van der Waals surface area contributed by atoms with E-state index in [-0.39, 0.29) is 28.3 Å². The summed E-state index contributed by atoms with van der Waals surface area (Å²) in [6.45, 7) is 0. The molecule has 0 radical (unpaired) electrons. The number of nitriles is 1. The first-order valence-electron chi connectivity index (χ1n) is 10.00. The zero-order chi connectivity index (χ0) is 24.9. The highest BCUT2D eigenvalue weighted by Crippen LogP contribution is 2.32. The third-order valence-electron chi connectivity index (χ3n) is 4.81. The van der Waals surface area contributed by atoms with E-state index in [9.17, 15) is 20.2 Å². The van der Waals surface area contributed by atoms with Crippen LogP contribution in [0, 0.1) is 21.4 Å². The number of nitro groups is 1. The van der Waals surface area contributed by atoms with Gasteiger partial charge < -0.3 is 4.42 Å². The van der Waals surface area contributed by atoms with Gasteiger partial charge in [0, 0.05) is 29.6 Å². The molecule has 35 heavy (non-hydrogen) atoms. The van der Waals surface area contributed by atoms with Crippen LogP contribution in [0.25, 0.3) is 17.4 Å². The lowest BCUT2D eigenvalue weighted by molar-refractivity contribution is -0.384. The predicted octanol–water partition coefficient (Wildman–Crippen LogP) is 6.75. The van der Waals surface area contributed by atoms with Crippen LogP contribution in [0.15, 0.2) is 70.8 Å². The number of benzene rings is 2. The molecule has 0 saturated carbocycles. The number of aromatic nitrogens is 1. The minimum absolute atomic E-state index is 0.116. The normalized spacial score (nSPS) is 11.2. The van der Waals surface area contributed by atoms with Gasteiger partial charge in [0.25, 0.3) is 11.6 Å². The van der Waals surface area contributed by atoms with Crippen LogP contribution >= 0.6 is 34.5 Å². The standard InChI is InChI=1S/C24H14Cl2N4O4S/c25-19-6-3-4-14(22(19)26)11-17-13-28-24(35-17)29-23(31)15(12-27)10-16-8-9-21(34-16)18-5-1-2-7-20(18)30(32)33/h1-10,13H,11H2,(H,28,29,31)/b15-10+. The van der Waals surface area contributed by atoms with Gasteiger partial charge >= 0.3 is 0 Å². The Morgan fingerprint density at radius 3 is 2.77 bits per heavy atom. The first-order chi connectivity index (χ1) is 16.9. The molecule has 2 heterocycles. The molecule has 0 bridgehead atoms. The van der Waals surface area contributed by atoms with E-state index < -0.39 is 10.8 Å². The molecule has 11 heteroatoms. The Bertz CT molecular complexity index is 1500. The molecule has 0 saturated heterocycles. The van der Waals surface area contributed by atoms with Crippen LogP contribution in [0.1, 0.15) is 16.2 Å². The molecule has 0 unspecified atom stereocenters. The van der Waals surface area contributed by atoms with Gasteiger partial charge in [-0.2, -0.15) is 5.26 Å². The minimum atomic E-state index is -0.669. The topological polar surface area (TPSA) is 122 Å². The number of carbonyl (C=O) groups excluding carboxylic acids is 1. The third-order valence-corrected chi connectivity index (χ3v) is 6.59. The van der Waals surface area contributed by atoms with E-state index in [1.165, 1.54) is 35.6 Å². The average Bonchev–Trinajstić information content (AvgIpc) is 3.49. The summed E-state index contributed by atoms with van der Waals surface area (Å²) in [5, 5.41) is 24.6. The van der Waals surface area contributed by atoms with Crippen LogP contribution in [0.2, 0.25) is 10.0 Å². The molecule has 1 amide bonds. The van der Waals surface area contributed by atoms with Crippen LogP contribution in [0.4, 0.5) is 10.8 Å². The predicted molar refractivity (Wildman–Crippen MR) is 134 cm³/mol. The Kier molecular flexibility index (Phi) is 7.27. The fourth-order valence-electron chi connectivity index (χ4n) is 3.19. The second-order valence-electron chi connectivity index (χ2n) is 7.12. The number of halogens is 2. The van der Waals surface area contributed by atoms with E-state index in [4.69, 9.17) is 27.6 Å². The van der Waals surface area contributed by atoms with Crippen molar-refractivity contribution in [2.24, 2.45) is 0 Å². The summed E-state index contributed by atoms with van der Waals surface area (Å²) < 4.78 is 5.64. The number of anilines is 1. The van der Waals surface area contributed by atoms with Crippen LogP contribution in [-0.4, -0.2) is 15.8 Å². The molecule has 0 fully saturated rings. The molecule has 174 valence electrons. The van der Waals surface area contributed by atoms with E-state index in [1.54, 1.807) is 36.5 Å². The summed E-state index contributed by atoms with van der Waals surface area (Å²) in [5.41, 5.74) is 0.776. The zero-order valence-corrected chi connectivity index (χ0v) is 20.0. The van der Waals surface area contributed by atoms with Crippen molar-refractivity contribution in [2.75, 3.05) is 5.32 Å². The van der Waals surface area contributed by atoms with Gasteiger partial charge in [-0.3, -0.25) is 20.2 Å². The molecular formula is C24H14Cl2N4O4S. The second-order valence-corrected chi connectivity index (χ2v) is 9.02. The average molecular weight is 525 g/mol. The van der Waals surface area contributed by atoms with Crippen molar-refractivity contribution < 1.29 is 14.1 Å². The van der Waals surface area contributed by atoms with Crippen molar-refractivity contribution in [2.45, 2.75) is 6.42 Å². The first kappa shape index (κ1) is 24.2. The van der Waals surface area contributed by atoms with Crippen LogP contribution in [-0.2, 0) is 11.2 Å². The van der Waals surface area contributed by atoms with E-state index in [0.717, 1.165) is 10.4 Å². The maximum atomic E-state index is 12.6. The number of thiazole rings is 1. The molecule has 1 N–H and O–H groups in total. The molecule has 0 atom stereocenters. The Labute approximate surface area is 213 Å². The van der Waals surface area contributed by atoms with Gasteiger partial charge in [0.1, 0.15) is 23.2 Å². The van der Waals surface area contributed by atoms with E-state index in [2.05, 4.69) is 10.3 Å². The lowest BCUT2D eigenvalue weighted by atomic mass is 10.1. The van der Waals surface area contributed by atoms with Crippen LogP contribution < -0.4 is 5.32 Å². The molecule has 0 spiro atoms. The number of furan rings is 1. The largest absolute Gasteiger partial charge is 0.456 e. The number of carbonyl (C=O) groups is 1. The van der Waals surface area contributed by atoms with Gasteiger partial charge in [-0.15, -0.1) is 11.3 Å². The Morgan fingerprint density at radius 1 is 1.20 bits per heavy atom. The molecule has 4 aromatic rings. The van der Waals surface area contributed by atoms with Crippen LogP contribution in [0.3, 0.4) is 0 Å².